The first-order valence-corrected chi connectivity index (χ1v) is 10.9. The molecule has 9 nitrogen and oxygen atoms in total. The van der Waals surface area contributed by atoms with Crippen LogP contribution in [-0.2, 0) is 14.3 Å². The Bertz CT molecular complexity index is 1010. The van der Waals surface area contributed by atoms with Gasteiger partial charge in [-0.25, -0.2) is 9.59 Å². The van der Waals surface area contributed by atoms with E-state index in [1.807, 2.05) is 5.38 Å². The maximum Gasteiger partial charge on any atom is 0.342 e. The fourth-order valence-corrected chi connectivity index (χ4v) is 4.18. The van der Waals surface area contributed by atoms with Crippen LogP contribution < -0.4 is 19.5 Å². The minimum absolute atomic E-state index is 0.0808. The summed E-state index contributed by atoms with van der Waals surface area (Å²) >= 11 is 1.25. The highest BCUT2D eigenvalue weighted by Crippen LogP contribution is 2.46. The molecule has 0 radical (unpaired) electrons. The quantitative estimate of drug-likeness (QED) is 0.532. The second kappa shape index (κ2) is 10.4. The van der Waals surface area contributed by atoms with Gasteiger partial charge in [0.15, 0.2) is 18.1 Å². The SMILES string of the molecule is CCOC(=O)c1c(C2CC2)csc1NC(=O)COC(=O)c1cc(OC)c(OC)cc1OC. The summed E-state index contributed by atoms with van der Waals surface area (Å²) in [6.07, 6.45) is 2.00. The molecule has 0 atom stereocenters. The largest absolute Gasteiger partial charge is 0.496 e. The smallest absolute Gasteiger partial charge is 0.342 e. The number of nitrogens with one attached hydrogen (secondary N) is 1. The first-order chi connectivity index (χ1) is 15.4. The van der Waals surface area contributed by atoms with Crippen LogP contribution in [-0.4, -0.2) is 52.4 Å². The van der Waals surface area contributed by atoms with Crippen molar-refractivity contribution in [2.45, 2.75) is 25.7 Å². The molecule has 0 spiro atoms. The van der Waals surface area contributed by atoms with Crippen molar-refractivity contribution in [2.75, 3.05) is 39.9 Å². The molecular formula is C22H25NO8S. The summed E-state index contributed by atoms with van der Waals surface area (Å²) in [5.41, 5.74) is 1.34. The number of hydrogen-bond donors (Lipinski definition) is 1. The van der Waals surface area contributed by atoms with Gasteiger partial charge < -0.3 is 29.0 Å². The average Bonchev–Trinajstić information content (AvgIpc) is 3.56. The number of carbonyl (C=O) groups is 3. The van der Waals surface area contributed by atoms with Crippen LogP contribution in [0.1, 0.15) is 52.0 Å². The molecular weight excluding hydrogens is 438 g/mol. The minimum Gasteiger partial charge on any atom is -0.496 e. The van der Waals surface area contributed by atoms with Crippen LogP contribution in [0.4, 0.5) is 5.00 Å². The van der Waals surface area contributed by atoms with E-state index in [1.54, 1.807) is 6.92 Å². The van der Waals surface area contributed by atoms with E-state index < -0.39 is 24.5 Å². The third kappa shape index (κ3) is 5.13. The van der Waals surface area contributed by atoms with E-state index in [2.05, 4.69) is 5.32 Å². The Kier molecular flexibility index (Phi) is 7.57. The minimum atomic E-state index is -0.770. The van der Waals surface area contributed by atoms with Gasteiger partial charge in [0.1, 0.15) is 16.3 Å². The molecule has 32 heavy (non-hydrogen) atoms. The second-order valence-corrected chi connectivity index (χ2v) is 7.80. The monoisotopic (exact) mass is 463 g/mol. The van der Waals surface area contributed by atoms with Crippen molar-refractivity contribution in [3.63, 3.8) is 0 Å². The highest BCUT2D eigenvalue weighted by molar-refractivity contribution is 7.15. The predicted molar refractivity (Wildman–Crippen MR) is 117 cm³/mol. The Morgan fingerprint density at radius 2 is 1.62 bits per heavy atom. The number of rotatable bonds is 10. The number of amides is 1. The molecule has 1 saturated carbocycles. The standard InChI is InChI=1S/C22H25NO8S/c1-5-30-22(26)19-14(12-6-7-12)11-32-20(19)23-18(24)10-31-21(25)13-8-16(28-3)17(29-4)9-15(13)27-2/h8-9,11-12H,5-7,10H2,1-4H3,(H,23,24). The number of esters is 2. The Morgan fingerprint density at radius 3 is 2.22 bits per heavy atom. The van der Waals surface area contributed by atoms with Crippen molar-refractivity contribution in [3.8, 4) is 17.2 Å². The zero-order chi connectivity index (χ0) is 23.3. The van der Waals surface area contributed by atoms with Crippen LogP contribution in [0.15, 0.2) is 17.5 Å². The van der Waals surface area contributed by atoms with Gasteiger partial charge in [-0.05, 0) is 36.6 Å². The summed E-state index contributed by atoms with van der Waals surface area (Å²) in [4.78, 5) is 37.4. The van der Waals surface area contributed by atoms with Crippen LogP contribution in [0.5, 0.6) is 17.2 Å². The first-order valence-electron chi connectivity index (χ1n) is 9.98. The maximum atomic E-state index is 12.6. The van der Waals surface area contributed by atoms with Crippen molar-refractivity contribution in [2.24, 2.45) is 0 Å². The number of ether oxygens (including phenoxy) is 5. The number of hydrogen-bond acceptors (Lipinski definition) is 9. The lowest BCUT2D eigenvalue weighted by Crippen LogP contribution is -2.22. The average molecular weight is 464 g/mol. The van der Waals surface area contributed by atoms with Gasteiger partial charge in [0.25, 0.3) is 5.91 Å². The highest BCUT2D eigenvalue weighted by Gasteiger charge is 2.32. The molecule has 1 aliphatic carbocycles. The molecule has 1 fully saturated rings. The van der Waals surface area contributed by atoms with Gasteiger partial charge in [-0.2, -0.15) is 0 Å². The Balaban J connectivity index is 1.69. The van der Waals surface area contributed by atoms with E-state index in [9.17, 15) is 14.4 Å². The highest BCUT2D eigenvalue weighted by atomic mass is 32.1. The van der Waals surface area contributed by atoms with Crippen molar-refractivity contribution < 1.29 is 38.1 Å². The molecule has 1 heterocycles. The summed E-state index contributed by atoms with van der Waals surface area (Å²) < 4.78 is 25.9. The van der Waals surface area contributed by atoms with Crippen molar-refractivity contribution in [1.82, 2.24) is 0 Å². The molecule has 1 amide bonds. The third-order valence-electron chi connectivity index (χ3n) is 4.83. The zero-order valence-corrected chi connectivity index (χ0v) is 19.1. The number of anilines is 1. The van der Waals surface area contributed by atoms with Crippen LogP contribution >= 0.6 is 11.3 Å². The molecule has 1 N–H and O–H groups in total. The molecule has 1 aromatic carbocycles. The van der Waals surface area contributed by atoms with E-state index in [0.717, 1.165) is 18.4 Å². The number of methoxy groups -OCH3 is 3. The molecule has 1 aliphatic rings. The normalized spacial score (nSPS) is 12.6. The Morgan fingerprint density at radius 1 is 0.969 bits per heavy atom. The maximum absolute atomic E-state index is 12.6. The molecule has 172 valence electrons. The second-order valence-electron chi connectivity index (χ2n) is 6.92. The summed E-state index contributed by atoms with van der Waals surface area (Å²) in [5, 5.41) is 4.90. The van der Waals surface area contributed by atoms with Gasteiger partial charge in [0.2, 0.25) is 0 Å². The Hall–Kier alpha value is -3.27. The summed E-state index contributed by atoms with van der Waals surface area (Å²) in [6.45, 7) is 1.41. The van der Waals surface area contributed by atoms with Gasteiger partial charge >= 0.3 is 11.9 Å². The first kappa shape index (κ1) is 23.4. The van der Waals surface area contributed by atoms with Crippen molar-refractivity contribution >= 4 is 34.2 Å². The fraction of sp³-hybridized carbons (Fsp3) is 0.409. The van der Waals surface area contributed by atoms with Crippen LogP contribution in [0.2, 0.25) is 0 Å². The van der Waals surface area contributed by atoms with E-state index in [-0.39, 0.29) is 17.9 Å². The number of carbonyl (C=O) groups excluding carboxylic acids is 3. The number of thiophene rings is 1. The summed E-state index contributed by atoms with van der Waals surface area (Å²) in [6, 6.07) is 2.91. The summed E-state index contributed by atoms with van der Waals surface area (Å²) in [5.74, 6) is -0.597. The van der Waals surface area contributed by atoms with Crippen molar-refractivity contribution in [1.29, 1.82) is 0 Å². The van der Waals surface area contributed by atoms with Crippen molar-refractivity contribution in [3.05, 3.63) is 34.2 Å². The van der Waals surface area contributed by atoms with Crippen LogP contribution in [0, 0.1) is 0 Å². The van der Waals surface area contributed by atoms with Gasteiger partial charge in [-0.3, -0.25) is 4.79 Å². The van der Waals surface area contributed by atoms with E-state index in [0.29, 0.717) is 28.0 Å². The molecule has 0 bridgehead atoms. The van der Waals surface area contributed by atoms with Gasteiger partial charge in [-0.15, -0.1) is 11.3 Å². The predicted octanol–water partition coefficient (Wildman–Crippen LogP) is 3.62. The molecule has 0 aliphatic heterocycles. The molecule has 0 saturated heterocycles. The van der Waals surface area contributed by atoms with E-state index >= 15 is 0 Å². The lowest BCUT2D eigenvalue weighted by Gasteiger charge is -2.13. The zero-order valence-electron chi connectivity index (χ0n) is 18.3. The lowest BCUT2D eigenvalue weighted by molar-refractivity contribution is -0.119. The van der Waals surface area contributed by atoms with E-state index in [1.165, 1.54) is 44.8 Å². The molecule has 2 aromatic rings. The lowest BCUT2D eigenvalue weighted by atomic mass is 10.1. The van der Waals surface area contributed by atoms with Gasteiger partial charge in [-0.1, -0.05) is 0 Å². The summed E-state index contributed by atoms with van der Waals surface area (Å²) in [7, 11) is 4.30. The van der Waals surface area contributed by atoms with Crippen LogP contribution in [0.3, 0.4) is 0 Å². The topological polar surface area (TPSA) is 109 Å². The molecule has 3 rings (SSSR count). The fourth-order valence-electron chi connectivity index (χ4n) is 3.13. The number of benzene rings is 1. The van der Waals surface area contributed by atoms with Crippen LogP contribution in [0.25, 0.3) is 0 Å². The molecule has 0 unspecified atom stereocenters. The Labute approximate surface area is 189 Å². The molecule has 1 aromatic heterocycles. The van der Waals surface area contributed by atoms with Gasteiger partial charge in [0, 0.05) is 12.1 Å². The van der Waals surface area contributed by atoms with Gasteiger partial charge in [0.05, 0.1) is 33.5 Å². The van der Waals surface area contributed by atoms with E-state index in [4.69, 9.17) is 23.7 Å². The molecule has 10 heteroatoms. The third-order valence-corrected chi connectivity index (χ3v) is 5.74.